The van der Waals surface area contributed by atoms with Crippen LogP contribution in [0.1, 0.15) is 13.2 Å². The Hall–Kier alpha value is -1.33. The summed E-state index contributed by atoms with van der Waals surface area (Å²) in [5.74, 6) is 0.191. The maximum Gasteiger partial charge on any atom is 0.181 e. The first-order valence-electron chi connectivity index (χ1n) is 6.18. The van der Waals surface area contributed by atoms with Crippen molar-refractivity contribution in [2.75, 3.05) is 12.3 Å². The highest BCUT2D eigenvalue weighted by Crippen LogP contribution is 2.41. The molecule has 2 aromatic rings. The Bertz CT molecular complexity index is 691. The number of nitrogens with zero attached hydrogens (tertiary/aromatic N) is 4. The van der Waals surface area contributed by atoms with Crippen molar-refractivity contribution in [2.24, 2.45) is 0 Å². The van der Waals surface area contributed by atoms with Crippen LogP contribution in [0, 0.1) is 0 Å². The molecule has 1 aliphatic heterocycles. The van der Waals surface area contributed by atoms with E-state index in [-0.39, 0.29) is 5.82 Å². The number of aliphatic hydroxyl groups is 3. The first-order valence-corrected chi connectivity index (χ1v) is 6.98. The second-order valence-corrected chi connectivity index (χ2v) is 5.77. The molecular weight excluding hydrogens is 346 g/mol. The van der Waals surface area contributed by atoms with Crippen molar-refractivity contribution >= 4 is 32.9 Å². The smallest absolute Gasteiger partial charge is 0.181 e. The molecule has 9 nitrogen and oxygen atoms in total. The highest BCUT2D eigenvalue weighted by Gasteiger charge is 2.53. The summed E-state index contributed by atoms with van der Waals surface area (Å²) in [6, 6.07) is 0. The second-order valence-electron chi connectivity index (χ2n) is 5.06. The highest BCUT2D eigenvalue weighted by molar-refractivity contribution is 9.10. The van der Waals surface area contributed by atoms with Gasteiger partial charge < -0.3 is 25.8 Å². The molecular formula is C11H14BrN5O4. The summed E-state index contributed by atoms with van der Waals surface area (Å²) >= 11 is 3.26. The van der Waals surface area contributed by atoms with Crippen molar-refractivity contribution in [1.82, 2.24) is 19.5 Å². The predicted octanol–water partition coefficient (Wildman–Crippen LogP) is -0.827. The molecule has 1 saturated heterocycles. The fourth-order valence-electron chi connectivity index (χ4n) is 2.47. The van der Waals surface area contributed by atoms with Crippen LogP contribution in [0.5, 0.6) is 0 Å². The average molecular weight is 360 g/mol. The molecule has 1 aliphatic rings. The maximum atomic E-state index is 10.5. The maximum absolute atomic E-state index is 10.5. The molecule has 1 fully saturated rings. The SMILES string of the molecule is C[C@@]1(O)[C@H](O)[C@@H](CO)O[C@H]1n1c(Br)nc2c(N)ncnc21. The van der Waals surface area contributed by atoms with Crippen LogP contribution in [0.25, 0.3) is 11.2 Å². The zero-order chi connectivity index (χ0) is 15.4. The lowest BCUT2D eigenvalue weighted by Crippen LogP contribution is -2.44. The first-order chi connectivity index (χ1) is 9.87. The number of fused-ring (bicyclic) bond motifs is 1. The van der Waals surface area contributed by atoms with E-state index in [9.17, 15) is 15.3 Å². The lowest BCUT2D eigenvalue weighted by molar-refractivity contribution is -0.0960. The zero-order valence-corrected chi connectivity index (χ0v) is 12.6. The quantitative estimate of drug-likeness (QED) is 0.509. The Morgan fingerprint density at radius 1 is 1.52 bits per heavy atom. The van der Waals surface area contributed by atoms with Gasteiger partial charge in [-0.1, -0.05) is 0 Å². The van der Waals surface area contributed by atoms with Gasteiger partial charge in [0.05, 0.1) is 6.61 Å². The van der Waals surface area contributed by atoms with E-state index >= 15 is 0 Å². The molecule has 0 saturated carbocycles. The number of aliphatic hydroxyl groups excluding tert-OH is 2. The number of ether oxygens (including phenoxy) is 1. The van der Waals surface area contributed by atoms with Gasteiger partial charge in [-0.15, -0.1) is 0 Å². The fourth-order valence-corrected chi connectivity index (χ4v) is 3.00. The van der Waals surface area contributed by atoms with E-state index in [1.54, 1.807) is 0 Å². The summed E-state index contributed by atoms with van der Waals surface area (Å²) in [5, 5.41) is 29.8. The van der Waals surface area contributed by atoms with Crippen molar-refractivity contribution < 1.29 is 20.1 Å². The standard InChI is InChI=1S/C11H14BrN5O4/c1-11(20)6(19)4(2-18)21-9(11)17-8-5(16-10(17)12)7(13)14-3-15-8/h3-4,6,9,18-20H,2H2,1H3,(H2,13,14,15)/t4-,6-,9-,11-/m1/s1. The molecule has 0 unspecified atom stereocenters. The number of aromatic nitrogens is 4. The Labute approximate surface area is 127 Å². The van der Waals surface area contributed by atoms with Crippen LogP contribution in [0.15, 0.2) is 11.1 Å². The van der Waals surface area contributed by atoms with E-state index in [4.69, 9.17) is 10.5 Å². The van der Waals surface area contributed by atoms with Gasteiger partial charge in [-0.2, -0.15) is 0 Å². The van der Waals surface area contributed by atoms with Crippen molar-refractivity contribution in [2.45, 2.75) is 31.0 Å². The number of imidazole rings is 1. The molecule has 0 aromatic carbocycles. The third kappa shape index (κ3) is 2.02. The molecule has 10 heteroatoms. The third-order valence-electron chi connectivity index (χ3n) is 3.63. The van der Waals surface area contributed by atoms with E-state index in [1.807, 2.05) is 0 Å². The van der Waals surface area contributed by atoms with Crippen LogP contribution in [-0.2, 0) is 4.74 Å². The lowest BCUT2D eigenvalue weighted by atomic mass is 9.96. The van der Waals surface area contributed by atoms with Gasteiger partial charge in [0.15, 0.2) is 27.9 Å². The first kappa shape index (κ1) is 14.6. The molecule has 0 radical (unpaired) electrons. The Morgan fingerprint density at radius 3 is 2.86 bits per heavy atom. The summed E-state index contributed by atoms with van der Waals surface area (Å²) in [5.41, 5.74) is 4.81. The molecule has 114 valence electrons. The summed E-state index contributed by atoms with van der Waals surface area (Å²) in [4.78, 5) is 12.1. The molecule has 0 bridgehead atoms. The van der Waals surface area contributed by atoms with Crippen molar-refractivity contribution in [3.63, 3.8) is 0 Å². The third-order valence-corrected chi connectivity index (χ3v) is 4.19. The summed E-state index contributed by atoms with van der Waals surface area (Å²) in [7, 11) is 0. The zero-order valence-electron chi connectivity index (χ0n) is 11.0. The van der Waals surface area contributed by atoms with Gasteiger partial charge in [0.2, 0.25) is 0 Å². The second kappa shape index (κ2) is 4.85. The molecule has 3 rings (SSSR count). The fraction of sp³-hybridized carbons (Fsp3) is 0.545. The van der Waals surface area contributed by atoms with Gasteiger partial charge >= 0.3 is 0 Å². The minimum Gasteiger partial charge on any atom is -0.394 e. The van der Waals surface area contributed by atoms with Gasteiger partial charge in [0, 0.05) is 0 Å². The molecule has 3 heterocycles. The number of nitrogen functional groups attached to an aromatic ring is 1. The number of hydrogen-bond donors (Lipinski definition) is 4. The van der Waals surface area contributed by atoms with E-state index in [2.05, 4.69) is 30.9 Å². The van der Waals surface area contributed by atoms with E-state index < -0.39 is 30.6 Å². The van der Waals surface area contributed by atoms with Crippen LogP contribution in [0.3, 0.4) is 0 Å². The molecule has 4 atom stereocenters. The van der Waals surface area contributed by atoms with Crippen molar-refractivity contribution in [1.29, 1.82) is 0 Å². The topological polar surface area (TPSA) is 140 Å². The van der Waals surface area contributed by atoms with E-state index in [0.29, 0.717) is 15.9 Å². The minimum atomic E-state index is -1.64. The van der Waals surface area contributed by atoms with Crippen LogP contribution >= 0.6 is 15.9 Å². The number of halogens is 1. The Kier molecular flexibility index (Phi) is 3.37. The Morgan fingerprint density at radius 2 is 2.24 bits per heavy atom. The van der Waals surface area contributed by atoms with Crippen LogP contribution in [-0.4, -0.2) is 59.3 Å². The minimum absolute atomic E-state index is 0.191. The number of hydrogen-bond acceptors (Lipinski definition) is 8. The van der Waals surface area contributed by atoms with Crippen molar-refractivity contribution in [3.8, 4) is 0 Å². The summed E-state index contributed by atoms with van der Waals surface area (Å²) in [6.45, 7) is 0.996. The molecule has 5 N–H and O–H groups in total. The van der Waals surface area contributed by atoms with Gasteiger partial charge in [-0.3, -0.25) is 4.57 Å². The number of anilines is 1. The molecule has 0 aliphatic carbocycles. The van der Waals surface area contributed by atoms with Gasteiger partial charge in [-0.25, -0.2) is 15.0 Å². The number of nitrogens with two attached hydrogens (primary N) is 1. The Balaban J connectivity index is 2.17. The van der Waals surface area contributed by atoms with Gasteiger partial charge in [0.25, 0.3) is 0 Å². The molecule has 0 amide bonds. The largest absolute Gasteiger partial charge is 0.394 e. The normalized spacial score (nSPS) is 32.9. The summed E-state index contributed by atoms with van der Waals surface area (Å²) < 4.78 is 7.34. The summed E-state index contributed by atoms with van der Waals surface area (Å²) in [6.07, 6.45) is -1.88. The van der Waals surface area contributed by atoms with Crippen LogP contribution in [0.2, 0.25) is 0 Å². The van der Waals surface area contributed by atoms with Crippen molar-refractivity contribution in [3.05, 3.63) is 11.1 Å². The van der Waals surface area contributed by atoms with Gasteiger partial charge in [-0.05, 0) is 22.9 Å². The predicted molar refractivity (Wildman–Crippen MR) is 75.1 cm³/mol. The number of rotatable bonds is 2. The monoisotopic (exact) mass is 359 g/mol. The lowest BCUT2D eigenvalue weighted by Gasteiger charge is -2.27. The average Bonchev–Trinajstić information content (AvgIpc) is 2.87. The van der Waals surface area contributed by atoms with Crippen LogP contribution < -0.4 is 5.73 Å². The van der Waals surface area contributed by atoms with Crippen LogP contribution in [0.4, 0.5) is 5.82 Å². The van der Waals surface area contributed by atoms with Gasteiger partial charge in [0.1, 0.15) is 24.1 Å². The molecule has 21 heavy (non-hydrogen) atoms. The highest BCUT2D eigenvalue weighted by atomic mass is 79.9. The van der Waals surface area contributed by atoms with E-state index in [0.717, 1.165) is 0 Å². The molecule has 0 spiro atoms. The van der Waals surface area contributed by atoms with E-state index in [1.165, 1.54) is 17.8 Å². The molecule has 2 aromatic heterocycles.